The molecule has 2 aliphatic heterocycles. The average molecular weight is 600 g/mol. The number of hydrogen-bond donors (Lipinski definition) is 0. The van der Waals surface area contributed by atoms with Crippen LogP contribution in [0.4, 0.5) is 0 Å². The molecule has 2 saturated heterocycles. The Morgan fingerprint density at radius 3 is 1.86 bits per heavy atom. The third-order valence-corrected chi connectivity index (χ3v) is 7.81. The quantitative estimate of drug-likeness (QED) is 0.208. The van der Waals surface area contributed by atoms with Crippen LogP contribution in [0.5, 0.6) is 0 Å². The molecule has 0 saturated carbocycles. The molecular weight excluding hydrogens is 567 g/mol. The standard InChI is InChI=1S/C30H33IO5/c31-17-26-16-30(22-35-26)29(34-20-25-14-8-3-9-15-25)28(33-19-24-12-6-2-7-13-24)27(36-30)21-32-18-23-10-4-1-5-11-23/h1-15,26-29H,16-22H2/t26-,27+,28+,29-,30-/m0/s1. The number of alkyl halides is 1. The van der Waals surface area contributed by atoms with Crippen LogP contribution in [0.15, 0.2) is 91.0 Å². The third kappa shape index (κ3) is 6.36. The van der Waals surface area contributed by atoms with Gasteiger partial charge in [0.2, 0.25) is 0 Å². The number of ether oxygens (including phenoxy) is 5. The van der Waals surface area contributed by atoms with E-state index in [0.717, 1.165) is 27.5 Å². The number of rotatable bonds is 11. The van der Waals surface area contributed by atoms with Crippen molar-refractivity contribution in [2.75, 3.05) is 17.6 Å². The van der Waals surface area contributed by atoms with Gasteiger partial charge < -0.3 is 23.7 Å². The molecule has 2 aliphatic rings. The second kappa shape index (κ2) is 12.6. The number of halogens is 1. The van der Waals surface area contributed by atoms with E-state index >= 15 is 0 Å². The summed E-state index contributed by atoms with van der Waals surface area (Å²) in [7, 11) is 0. The maximum absolute atomic E-state index is 6.78. The molecule has 5 atom stereocenters. The average Bonchev–Trinajstić information content (AvgIpc) is 3.48. The van der Waals surface area contributed by atoms with Crippen LogP contribution in [0.25, 0.3) is 0 Å². The van der Waals surface area contributed by atoms with Crippen molar-refractivity contribution in [2.45, 2.75) is 56.3 Å². The van der Waals surface area contributed by atoms with Gasteiger partial charge in [0, 0.05) is 10.8 Å². The van der Waals surface area contributed by atoms with Crippen molar-refractivity contribution in [2.24, 2.45) is 0 Å². The lowest BCUT2D eigenvalue weighted by Gasteiger charge is -2.30. The molecule has 2 heterocycles. The minimum atomic E-state index is -0.549. The van der Waals surface area contributed by atoms with E-state index in [9.17, 15) is 0 Å². The van der Waals surface area contributed by atoms with Crippen molar-refractivity contribution in [1.29, 1.82) is 0 Å². The molecule has 36 heavy (non-hydrogen) atoms. The minimum absolute atomic E-state index is 0.146. The van der Waals surface area contributed by atoms with Crippen molar-refractivity contribution in [3.63, 3.8) is 0 Å². The summed E-state index contributed by atoms with van der Waals surface area (Å²) in [6.45, 7) is 2.44. The Bertz CT molecular complexity index is 1050. The Hall–Kier alpha value is -1.81. The summed E-state index contributed by atoms with van der Waals surface area (Å²) in [6.07, 6.45) is 0.137. The Morgan fingerprint density at radius 2 is 1.31 bits per heavy atom. The predicted octanol–water partition coefficient (Wildman–Crippen LogP) is 5.74. The van der Waals surface area contributed by atoms with E-state index in [1.165, 1.54) is 0 Å². The van der Waals surface area contributed by atoms with Gasteiger partial charge in [-0.2, -0.15) is 0 Å². The van der Waals surface area contributed by atoms with Gasteiger partial charge in [-0.3, -0.25) is 0 Å². The molecular formula is C30H33IO5. The summed E-state index contributed by atoms with van der Waals surface area (Å²) in [5, 5.41) is 0. The van der Waals surface area contributed by atoms with Crippen LogP contribution >= 0.6 is 22.6 Å². The molecule has 5 rings (SSSR count). The van der Waals surface area contributed by atoms with E-state index in [0.29, 0.717) is 33.0 Å². The molecule has 0 radical (unpaired) electrons. The van der Waals surface area contributed by atoms with Crippen LogP contribution in [0.1, 0.15) is 23.1 Å². The summed E-state index contributed by atoms with van der Waals surface area (Å²) in [5.41, 5.74) is 2.84. The largest absolute Gasteiger partial charge is 0.374 e. The predicted molar refractivity (Wildman–Crippen MR) is 147 cm³/mol. The fourth-order valence-electron chi connectivity index (χ4n) is 5.04. The first-order valence-corrected chi connectivity index (χ1v) is 14.1. The molecule has 5 nitrogen and oxygen atoms in total. The highest BCUT2D eigenvalue weighted by Gasteiger charge is 2.60. The van der Waals surface area contributed by atoms with Crippen LogP contribution in [0, 0.1) is 0 Å². The van der Waals surface area contributed by atoms with Gasteiger partial charge in [-0.25, -0.2) is 0 Å². The van der Waals surface area contributed by atoms with Crippen LogP contribution < -0.4 is 0 Å². The van der Waals surface area contributed by atoms with E-state index in [2.05, 4.69) is 59.0 Å². The van der Waals surface area contributed by atoms with E-state index < -0.39 is 5.60 Å². The molecule has 6 heteroatoms. The highest BCUT2D eigenvalue weighted by Crippen LogP contribution is 2.44. The zero-order chi connectivity index (χ0) is 24.6. The van der Waals surface area contributed by atoms with Gasteiger partial charge in [-0.05, 0) is 16.7 Å². The van der Waals surface area contributed by atoms with E-state index in [1.54, 1.807) is 0 Å². The zero-order valence-electron chi connectivity index (χ0n) is 20.3. The molecule has 0 bridgehead atoms. The Labute approximate surface area is 227 Å². The lowest BCUT2D eigenvalue weighted by atomic mass is 9.91. The summed E-state index contributed by atoms with van der Waals surface area (Å²) >= 11 is 2.38. The highest BCUT2D eigenvalue weighted by molar-refractivity contribution is 14.1. The molecule has 190 valence electrons. The van der Waals surface area contributed by atoms with Crippen LogP contribution in [-0.2, 0) is 43.5 Å². The number of hydrogen-bond acceptors (Lipinski definition) is 5. The van der Waals surface area contributed by atoms with Gasteiger partial charge in [-0.1, -0.05) is 114 Å². The monoisotopic (exact) mass is 600 g/mol. The molecule has 3 aromatic rings. The lowest BCUT2D eigenvalue weighted by molar-refractivity contribution is -0.120. The van der Waals surface area contributed by atoms with Crippen LogP contribution in [0.2, 0.25) is 0 Å². The van der Waals surface area contributed by atoms with E-state index in [-0.39, 0.29) is 24.4 Å². The number of benzene rings is 3. The van der Waals surface area contributed by atoms with Gasteiger partial charge in [0.1, 0.15) is 23.9 Å². The molecule has 3 aromatic carbocycles. The molecule has 0 aliphatic carbocycles. The molecule has 0 amide bonds. The molecule has 0 aromatic heterocycles. The van der Waals surface area contributed by atoms with Crippen molar-refractivity contribution in [1.82, 2.24) is 0 Å². The van der Waals surface area contributed by atoms with Crippen molar-refractivity contribution < 1.29 is 23.7 Å². The fourth-order valence-corrected chi connectivity index (χ4v) is 5.60. The Kier molecular flexibility index (Phi) is 9.06. The maximum atomic E-state index is 6.78. The second-order valence-corrected chi connectivity index (χ2v) is 10.4. The first kappa shape index (κ1) is 25.8. The Morgan fingerprint density at radius 1 is 0.750 bits per heavy atom. The fraction of sp³-hybridized carbons (Fsp3) is 0.400. The van der Waals surface area contributed by atoms with Crippen LogP contribution in [-0.4, -0.2) is 47.7 Å². The van der Waals surface area contributed by atoms with Gasteiger partial charge in [0.25, 0.3) is 0 Å². The van der Waals surface area contributed by atoms with Crippen molar-refractivity contribution >= 4 is 22.6 Å². The highest BCUT2D eigenvalue weighted by atomic mass is 127. The normalized spacial score (nSPS) is 27.6. The van der Waals surface area contributed by atoms with E-state index in [1.807, 2.05) is 54.6 Å². The molecule has 0 N–H and O–H groups in total. The minimum Gasteiger partial charge on any atom is -0.374 e. The van der Waals surface area contributed by atoms with Crippen LogP contribution in [0.3, 0.4) is 0 Å². The third-order valence-electron chi connectivity index (χ3n) is 6.83. The van der Waals surface area contributed by atoms with Crippen molar-refractivity contribution in [3.8, 4) is 0 Å². The lowest BCUT2D eigenvalue weighted by Crippen LogP contribution is -2.46. The Balaban J connectivity index is 1.35. The first-order valence-electron chi connectivity index (χ1n) is 12.5. The molecule has 2 fully saturated rings. The molecule has 1 spiro atoms. The zero-order valence-corrected chi connectivity index (χ0v) is 22.5. The molecule has 0 unspecified atom stereocenters. The summed E-state index contributed by atoms with van der Waals surface area (Å²) in [6, 6.07) is 30.7. The summed E-state index contributed by atoms with van der Waals surface area (Å²) < 4.78 is 33.2. The van der Waals surface area contributed by atoms with Gasteiger partial charge >= 0.3 is 0 Å². The van der Waals surface area contributed by atoms with Gasteiger partial charge in [-0.15, -0.1) is 0 Å². The second-order valence-electron chi connectivity index (χ2n) is 9.49. The topological polar surface area (TPSA) is 46.2 Å². The first-order chi connectivity index (χ1) is 17.8. The van der Waals surface area contributed by atoms with Crippen molar-refractivity contribution in [3.05, 3.63) is 108 Å². The van der Waals surface area contributed by atoms with Gasteiger partial charge in [0.15, 0.2) is 0 Å². The smallest absolute Gasteiger partial charge is 0.123 e. The summed E-state index contributed by atoms with van der Waals surface area (Å²) in [5.74, 6) is 0. The van der Waals surface area contributed by atoms with E-state index in [4.69, 9.17) is 23.7 Å². The SMILES string of the molecule is IC[C@@H]1C[C@@]2(CO1)O[C@H](COCc1ccccc1)[C@@H](OCc1ccccc1)[C@@H]2OCc1ccccc1. The van der Waals surface area contributed by atoms with Gasteiger partial charge in [0.05, 0.1) is 39.1 Å². The maximum Gasteiger partial charge on any atom is 0.123 e. The summed E-state index contributed by atoms with van der Waals surface area (Å²) in [4.78, 5) is 0.